The van der Waals surface area contributed by atoms with Crippen LogP contribution in [0.3, 0.4) is 0 Å². The van der Waals surface area contributed by atoms with Crippen molar-refractivity contribution in [1.29, 1.82) is 0 Å². The van der Waals surface area contributed by atoms with Gasteiger partial charge in [-0.3, -0.25) is 0 Å². The summed E-state index contributed by atoms with van der Waals surface area (Å²) in [6.45, 7) is 0. The third-order valence-corrected chi connectivity index (χ3v) is 0. The smallest absolute Gasteiger partial charge is 0 e. The van der Waals surface area contributed by atoms with Crippen LogP contribution in [0.2, 0.25) is 0 Å². The van der Waals surface area contributed by atoms with Crippen LogP contribution >= 0.6 is 0 Å². The molecule has 0 amide bonds. The predicted molar refractivity (Wildman–Crippen MR) is 16.2 cm³/mol. The zero-order valence-electron chi connectivity index (χ0n) is 1.86. The predicted octanol–water partition coefficient (Wildman–Crippen LogP) is -1.48. The fourth-order valence-electron chi connectivity index (χ4n) is 0. The minimum atomic E-state index is 0. The second kappa shape index (κ2) is 17.0. The van der Waals surface area contributed by atoms with E-state index in [1.54, 1.807) is 0 Å². The summed E-state index contributed by atoms with van der Waals surface area (Å²) in [5, 5.41) is 0. The summed E-state index contributed by atoms with van der Waals surface area (Å²) < 4.78 is 0. The van der Waals surface area contributed by atoms with Crippen LogP contribution in [-0.4, -0.2) is 73.2 Å². The molecule has 0 saturated carbocycles. The van der Waals surface area contributed by atoms with Gasteiger partial charge in [0.1, 0.15) is 0 Å². The Bertz CT molecular complexity index is 8.00. The van der Waals surface area contributed by atoms with Crippen molar-refractivity contribution in [3.8, 4) is 0 Å². The van der Waals surface area contributed by atoms with Crippen LogP contribution in [0.1, 0.15) is 0 Å². The van der Waals surface area contributed by atoms with Gasteiger partial charge in [0.2, 0.25) is 0 Å². The van der Waals surface area contributed by atoms with Crippen LogP contribution in [0.5, 0.6) is 0 Å². The fourth-order valence-corrected chi connectivity index (χ4v) is 0. The molecule has 18 valence electrons. The molecular formula is H3BaLiMoO. The molecular weight excluding hydrogens is 256 g/mol. The van der Waals surface area contributed by atoms with Crippen molar-refractivity contribution in [2.75, 3.05) is 0 Å². The third-order valence-electron chi connectivity index (χ3n) is 0. The van der Waals surface area contributed by atoms with E-state index in [4.69, 9.17) is 0 Å². The Hall–Kier alpha value is 2.82. The number of rotatable bonds is 0. The Labute approximate surface area is 92.1 Å². The Morgan fingerprint density at radius 1 is 1.00 bits per heavy atom. The molecule has 4 heteroatoms. The second-order valence-electron chi connectivity index (χ2n) is 0. The van der Waals surface area contributed by atoms with Crippen LogP contribution in [0, 0.1) is 0 Å². The average Bonchev–Trinajstić information content (AvgIpc) is 0. The zero-order chi connectivity index (χ0) is 0. The standard InChI is InChI=1S/Ba.Li.Mo.H2O.2H/h;;;1H2;;/q+1;;;;;/p-1. The van der Waals surface area contributed by atoms with Gasteiger partial charge < -0.3 is 5.48 Å². The molecule has 0 unspecified atom stereocenters. The first-order chi connectivity index (χ1) is 0. The summed E-state index contributed by atoms with van der Waals surface area (Å²) in [5.41, 5.74) is 0. The van der Waals surface area contributed by atoms with Crippen LogP contribution < -0.4 is 0 Å². The first-order valence-electron chi connectivity index (χ1n) is 0. The molecule has 0 rings (SSSR count). The van der Waals surface area contributed by atoms with Gasteiger partial charge in [0, 0.05) is 21.1 Å². The quantitative estimate of drug-likeness (QED) is 0.488. The van der Waals surface area contributed by atoms with Gasteiger partial charge >= 0.3 is 67.7 Å². The minimum absolute atomic E-state index is 0. The van der Waals surface area contributed by atoms with E-state index in [1.807, 2.05) is 0 Å². The normalized spacial score (nSPS) is 0. The average molecular weight is 259 g/mol. The first-order valence-corrected chi connectivity index (χ1v) is 0. The molecule has 0 fully saturated rings. The molecule has 4 heavy (non-hydrogen) atoms. The van der Waals surface area contributed by atoms with E-state index in [0.717, 1.165) is 0 Å². The summed E-state index contributed by atoms with van der Waals surface area (Å²) in [6.07, 6.45) is 0. The van der Waals surface area contributed by atoms with E-state index in [-0.39, 0.29) is 94.3 Å². The molecule has 1 nitrogen and oxygen atoms in total. The second-order valence-corrected chi connectivity index (χ2v) is 0. The van der Waals surface area contributed by atoms with Gasteiger partial charge in [-0.2, -0.15) is 0 Å². The van der Waals surface area contributed by atoms with E-state index in [2.05, 4.69) is 0 Å². The van der Waals surface area contributed by atoms with Crippen molar-refractivity contribution in [2.24, 2.45) is 0 Å². The molecule has 0 aliphatic heterocycles. The molecule has 0 aromatic heterocycles. The van der Waals surface area contributed by atoms with Gasteiger partial charge in [-0.05, 0) is 0 Å². The fraction of sp³-hybridized carbons (Fsp3) is 0. The van der Waals surface area contributed by atoms with Crippen LogP contribution in [0.25, 0.3) is 0 Å². The van der Waals surface area contributed by atoms with Crippen molar-refractivity contribution in [3.05, 3.63) is 0 Å². The van der Waals surface area contributed by atoms with Crippen molar-refractivity contribution >= 4 is 67.7 Å². The summed E-state index contributed by atoms with van der Waals surface area (Å²) >= 11 is 0. The first kappa shape index (κ1) is 29.1. The molecule has 0 aliphatic carbocycles. The van der Waals surface area contributed by atoms with Crippen molar-refractivity contribution < 1.29 is 26.5 Å². The maximum Gasteiger partial charge on any atom is 0 e. The summed E-state index contributed by atoms with van der Waals surface area (Å²) in [6, 6.07) is 0. The molecule has 0 heterocycles. The number of hydrogen-bond acceptors (Lipinski definition) is 1. The molecule has 1 N–H and O–H groups in total. The Morgan fingerprint density at radius 3 is 1.00 bits per heavy atom. The molecule has 0 aromatic carbocycles. The van der Waals surface area contributed by atoms with E-state index in [9.17, 15) is 0 Å². The monoisotopic (exact) mass is 262 g/mol. The summed E-state index contributed by atoms with van der Waals surface area (Å²) in [5.74, 6) is 0. The van der Waals surface area contributed by atoms with Gasteiger partial charge in [-0.15, -0.1) is 0 Å². The van der Waals surface area contributed by atoms with Crippen molar-refractivity contribution in [3.63, 3.8) is 0 Å². The summed E-state index contributed by atoms with van der Waals surface area (Å²) in [7, 11) is 0. The maximum absolute atomic E-state index is 0. The van der Waals surface area contributed by atoms with Gasteiger partial charge in [0.25, 0.3) is 0 Å². The van der Waals surface area contributed by atoms with Crippen molar-refractivity contribution in [2.45, 2.75) is 0 Å². The van der Waals surface area contributed by atoms with E-state index >= 15 is 0 Å². The SMILES string of the molecule is [BaH+].[LiH].[Mo].[OH-]. The molecule has 0 aromatic rings. The van der Waals surface area contributed by atoms with Gasteiger partial charge in [-0.1, -0.05) is 0 Å². The Morgan fingerprint density at radius 2 is 1.00 bits per heavy atom. The molecule has 0 aliphatic rings. The van der Waals surface area contributed by atoms with E-state index < -0.39 is 0 Å². The van der Waals surface area contributed by atoms with Crippen LogP contribution in [0.15, 0.2) is 0 Å². The van der Waals surface area contributed by atoms with Gasteiger partial charge in [0.05, 0.1) is 0 Å². The van der Waals surface area contributed by atoms with Gasteiger partial charge in [0.15, 0.2) is 0 Å². The topological polar surface area (TPSA) is 30.0 Å². The van der Waals surface area contributed by atoms with E-state index in [0.29, 0.717) is 0 Å². The largest absolute Gasteiger partial charge is 0.870 e. The zero-order valence-corrected chi connectivity index (χ0v) is 10.1. The summed E-state index contributed by atoms with van der Waals surface area (Å²) in [4.78, 5) is 0. The van der Waals surface area contributed by atoms with Gasteiger partial charge in [-0.25, -0.2) is 0 Å². The van der Waals surface area contributed by atoms with E-state index in [1.165, 1.54) is 0 Å². The van der Waals surface area contributed by atoms with Crippen LogP contribution in [0.4, 0.5) is 0 Å². The number of hydrogen-bond donors (Lipinski definition) is 0. The third kappa shape index (κ3) is 8.84. The molecule has 0 radical (unpaired) electrons. The maximum atomic E-state index is 0. The Balaban J connectivity index is 0. The minimum Gasteiger partial charge on any atom is -0.870 e. The molecule has 0 atom stereocenters. The molecule has 0 spiro atoms. The molecule has 0 bridgehead atoms. The Kier molecular flexibility index (Phi) is 124. The van der Waals surface area contributed by atoms with Crippen molar-refractivity contribution in [1.82, 2.24) is 0 Å². The van der Waals surface area contributed by atoms with Crippen LogP contribution in [-0.2, 0) is 21.1 Å². The molecule has 0 saturated heterocycles.